The van der Waals surface area contributed by atoms with E-state index in [1.807, 2.05) is 0 Å². The van der Waals surface area contributed by atoms with E-state index in [0.29, 0.717) is 12.2 Å². The minimum absolute atomic E-state index is 0. The van der Waals surface area contributed by atoms with Crippen LogP contribution in [0, 0.1) is 0 Å². The monoisotopic (exact) mass is 259 g/mol. The van der Waals surface area contributed by atoms with Gasteiger partial charge in [0.1, 0.15) is 0 Å². The van der Waals surface area contributed by atoms with Crippen molar-refractivity contribution in [3.05, 3.63) is 12.3 Å². The van der Waals surface area contributed by atoms with Gasteiger partial charge in [-0.3, -0.25) is 4.79 Å². The molecule has 2 atom stereocenters. The highest BCUT2D eigenvalue weighted by atomic mass is 35.5. The second-order valence-electron chi connectivity index (χ2n) is 2.81. The first-order chi connectivity index (χ1) is 5.70. The summed E-state index contributed by atoms with van der Waals surface area (Å²) < 4.78 is 0. The number of fused-ring (bicyclic) bond motifs is 1. The normalized spacial score (nSPS) is 30.6. The van der Waals surface area contributed by atoms with Gasteiger partial charge < -0.3 is 10.0 Å². The van der Waals surface area contributed by atoms with Gasteiger partial charge in [0.25, 0.3) is 0 Å². The van der Waals surface area contributed by atoms with Crippen molar-refractivity contribution in [2.75, 3.05) is 5.75 Å². The molecule has 2 rings (SSSR count). The Kier molecular flexibility index (Phi) is 4.77. The summed E-state index contributed by atoms with van der Waals surface area (Å²) in [7, 11) is -1.04. The quantitative estimate of drug-likeness (QED) is 0.513. The molecule has 1 N–H and O–H groups in total. The second-order valence-corrected chi connectivity index (χ2v) is 5.09. The number of thiol groups is 1. The predicted octanol–water partition coefficient (Wildman–Crippen LogP) is 1.59. The summed E-state index contributed by atoms with van der Waals surface area (Å²) in [6, 6.07) is 0. The molecule has 1 fully saturated rings. The van der Waals surface area contributed by atoms with Crippen LogP contribution in [0.25, 0.3) is 0 Å². The number of nitrogens with zero attached hydrogens (tertiary/aromatic N) is 1. The van der Waals surface area contributed by atoms with Crippen molar-refractivity contribution in [2.24, 2.45) is 0 Å². The van der Waals surface area contributed by atoms with E-state index in [-0.39, 0.29) is 36.1 Å². The van der Waals surface area contributed by atoms with Crippen molar-refractivity contribution >= 4 is 46.9 Å². The van der Waals surface area contributed by atoms with E-state index in [9.17, 15) is 9.59 Å². The van der Waals surface area contributed by atoms with Crippen LogP contribution in [-0.4, -0.2) is 32.3 Å². The third-order valence-electron chi connectivity index (χ3n) is 2.14. The molecule has 2 heterocycles. The second kappa shape index (κ2) is 4.91. The molecule has 4 nitrogen and oxygen atoms in total. The number of carboxylic acid groups (broad SMARTS) is 1. The molecule has 2 unspecified atom stereocenters. The van der Waals surface area contributed by atoms with Gasteiger partial charge in [-0.05, 0) is 0 Å². The van der Waals surface area contributed by atoms with E-state index >= 15 is 0 Å². The van der Waals surface area contributed by atoms with Crippen molar-refractivity contribution in [2.45, 2.75) is 11.8 Å². The van der Waals surface area contributed by atoms with Crippen molar-refractivity contribution in [3.8, 4) is 0 Å². The number of halogens is 2. The fourth-order valence-corrected chi connectivity index (χ4v) is 3.32. The Hall–Kier alpha value is -0.390. The molecule has 1 amide bonds. The van der Waals surface area contributed by atoms with Gasteiger partial charge >= 0.3 is 5.30 Å². The molecule has 0 aliphatic carbocycles. The maximum absolute atomic E-state index is 10.9. The fourth-order valence-electron chi connectivity index (χ4n) is 1.46. The molecular weight excluding hydrogens is 249 g/mol. The van der Waals surface area contributed by atoms with Gasteiger partial charge in [0.05, 0.1) is 11.8 Å². The lowest BCUT2D eigenvalue weighted by atomic mass is 10.2. The van der Waals surface area contributed by atoms with Crippen LogP contribution in [0.1, 0.15) is 6.42 Å². The third kappa shape index (κ3) is 1.99. The Morgan fingerprint density at radius 3 is 2.71 bits per heavy atom. The van der Waals surface area contributed by atoms with E-state index in [4.69, 9.17) is 5.11 Å². The molecule has 1 saturated heterocycles. The van der Waals surface area contributed by atoms with Gasteiger partial charge in [-0.2, -0.15) is 0 Å². The molecule has 2 aliphatic rings. The van der Waals surface area contributed by atoms with Crippen molar-refractivity contribution in [1.29, 1.82) is 0 Å². The third-order valence-corrected chi connectivity index (χ3v) is 4.39. The van der Waals surface area contributed by atoms with Crippen LogP contribution >= 0.6 is 35.7 Å². The van der Waals surface area contributed by atoms with Crippen LogP contribution in [0.2, 0.25) is 0 Å². The number of hydrogen-bond acceptors (Lipinski definition) is 2. The predicted molar refractivity (Wildman–Crippen MR) is 60.8 cm³/mol. The standard InChI is InChI=1S/C7H9NO3S.2ClH/c9-5-4-6-8(5)2-1-3-12(6)7(10)11;;/h1-2,6,12H,3-4H2,(H,10,11);2*1H. The summed E-state index contributed by atoms with van der Waals surface area (Å²) in [5, 5.41) is 8.05. The lowest BCUT2D eigenvalue weighted by Crippen LogP contribution is -2.51. The van der Waals surface area contributed by atoms with Crippen molar-refractivity contribution < 1.29 is 14.7 Å². The average molecular weight is 260 g/mol. The summed E-state index contributed by atoms with van der Waals surface area (Å²) in [5.74, 6) is 0.656. The molecule has 0 saturated carbocycles. The van der Waals surface area contributed by atoms with E-state index in [1.165, 1.54) is 0 Å². The van der Waals surface area contributed by atoms with Gasteiger partial charge in [-0.1, -0.05) is 6.08 Å². The Morgan fingerprint density at radius 2 is 2.21 bits per heavy atom. The van der Waals surface area contributed by atoms with Gasteiger partial charge in [-0.15, -0.1) is 35.7 Å². The molecule has 82 valence electrons. The zero-order valence-electron chi connectivity index (χ0n) is 7.12. The molecule has 7 heteroatoms. The van der Waals surface area contributed by atoms with Gasteiger partial charge in [0, 0.05) is 12.0 Å². The summed E-state index contributed by atoms with van der Waals surface area (Å²) in [6.07, 6.45) is 3.90. The van der Waals surface area contributed by atoms with Crippen molar-refractivity contribution in [3.63, 3.8) is 0 Å². The average Bonchev–Trinajstić information content (AvgIpc) is 2.02. The molecule has 0 aromatic rings. The van der Waals surface area contributed by atoms with E-state index in [0.717, 1.165) is 0 Å². The molecule has 2 aliphatic heterocycles. The zero-order valence-corrected chi connectivity index (χ0v) is 9.65. The molecule has 0 aromatic heterocycles. The lowest BCUT2D eigenvalue weighted by Gasteiger charge is -2.45. The van der Waals surface area contributed by atoms with Crippen LogP contribution < -0.4 is 0 Å². The summed E-state index contributed by atoms with van der Waals surface area (Å²) in [4.78, 5) is 23.2. The Morgan fingerprint density at radius 1 is 1.57 bits per heavy atom. The minimum atomic E-state index is -1.04. The highest BCUT2D eigenvalue weighted by Crippen LogP contribution is 2.44. The van der Waals surface area contributed by atoms with Gasteiger partial charge in [-0.25, -0.2) is 4.79 Å². The first kappa shape index (κ1) is 13.6. The largest absolute Gasteiger partial charge is 0.474 e. The van der Waals surface area contributed by atoms with E-state index in [1.54, 1.807) is 17.2 Å². The molecule has 0 bridgehead atoms. The van der Waals surface area contributed by atoms with Gasteiger partial charge in [0.15, 0.2) is 0 Å². The van der Waals surface area contributed by atoms with Crippen LogP contribution in [-0.2, 0) is 4.79 Å². The van der Waals surface area contributed by atoms with Crippen LogP contribution in [0.4, 0.5) is 4.79 Å². The van der Waals surface area contributed by atoms with Gasteiger partial charge in [0.2, 0.25) is 5.91 Å². The maximum atomic E-state index is 10.9. The van der Waals surface area contributed by atoms with E-state index < -0.39 is 16.2 Å². The molecular formula is C7H11Cl2NO3S. The highest BCUT2D eigenvalue weighted by Gasteiger charge is 2.42. The number of carbonyl (C=O) groups is 2. The number of β-lactam (4-membered cyclic amide) rings is 1. The highest BCUT2D eigenvalue weighted by molar-refractivity contribution is 8.30. The number of rotatable bonds is 0. The number of hydrogen-bond donors (Lipinski definition) is 2. The number of amides is 1. The fraction of sp³-hybridized carbons (Fsp3) is 0.429. The smallest absolute Gasteiger partial charge is 0.346 e. The summed E-state index contributed by atoms with van der Waals surface area (Å²) in [6.45, 7) is 0. The SMILES string of the molecule is Cl.Cl.O=C1CC2N1C=CC[SH]2C(=O)O. The first-order valence-electron chi connectivity index (χ1n) is 3.67. The van der Waals surface area contributed by atoms with Crippen LogP contribution in [0.15, 0.2) is 12.3 Å². The first-order valence-corrected chi connectivity index (χ1v) is 5.27. The molecule has 14 heavy (non-hydrogen) atoms. The summed E-state index contributed by atoms with van der Waals surface area (Å²) in [5.41, 5.74) is 0. The molecule has 0 spiro atoms. The maximum Gasteiger partial charge on any atom is 0.346 e. The Bertz CT molecular complexity index is 284. The van der Waals surface area contributed by atoms with E-state index in [2.05, 4.69) is 0 Å². The minimum Gasteiger partial charge on any atom is -0.474 e. The van der Waals surface area contributed by atoms with Crippen LogP contribution in [0.3, 0.4) is 0 Å². The van der Waals surface area contributed by atoms with Crippen LogP contribution in [0.5, 0.6) is 0 Å². The summed E-state index contributed by atoms with van der Waals surface area (Å²) >= 11 is 0. The number of carbonyl (C=O) groups excluding carboxylic acids is 1. The topological polar surface area (TPSA) is 57.6 Å². The Balaban J connectivity index is 0.000000845. The van der Waals surface area contributed by atoms with Crippen molar-refractivity contribution in [1.82, 2.24) is 4.90 Å². The molecule has 0 radical (unpaired) electrons. The lowest BCUT2D eigenvalue weighted by molar-refractivity contribution is -0.137. The zero-order chi connectivity index (χ0) is 8.72. The Labute approximate surface area is 96.5 Å². The molecule has 0 aromatic carbocycles.